The summed E-state index contributed by atoms with van der Waals surface area (Å²) in [5.74, 6) is -0.465. The van der Waals surface area contributed by atoms with Gasteiger partial charge in [0.05, 0.1) is 18.9 Å². The van der Waals surface area contributed by atoms with Crippen LogP contribution in [0.2, 0.25) is 0 Å². The van der Waals surface area contributed by atoms with Gasteiger partial charge in [0, 0.05) is 26.1 Å². The minimum absolute atomic E-state index is 0.00581. The third-order valence-electron chi connectivity index (χ3n) is 4.04. The molecule has 6 nitrogen and oxygen atoms in total. The molecule has 2 amide bonds. The largest absolute Gasteiger partial charge is 0.469 e. The first-order chi connectivity index (χ1) is 9.02. The third-order valence-corrected chi connectivity index (χ3v) is 4.04. The lowest BCUT2D eigenvalue weighted by Gasteiger charge is -2.26. The number of nitrogens with zero attached hydrogens (tertiary/aromatic N) is 1. The summed E-state index contributed by atoms with van der Waals surface area (Å²) in [6.07, 6.45) is 0.999. The Kier molecular flexibility index (Phi) is 4.07. The number of hydrogen-bond donors (Lipinski definition) is 1. The summed E-state index contributed by atoms with van der Waals surface area (Å²) in [6.45, 7) is 3.38. The molecule has 0 aromatic carbocycles. The highest BCUT2D eigenvalue weighted by molar-refractivity contribution is 5.84. The number of likely N-dealkylation sites (tertiary alicyclic amines) is 1. The zero-order chi connectivity index (χ0) is 14.0. The van der Waals surface area contributed by atoms with Gasteiger partial charge in [-0.05, 0) is 12.3 Å². The van der Waals surface area contributed by atoms with Crippen molar-refractivity contribution >= 4 is 17.8 Å². The van der Waals surface area contributed by atoms with Gasteiger partial charge in [0.1, 0.15) is 0 Å². The van der Waals surface area contributed by atoms with E-state index in [1.165, 1.54) is 7.11 Å². The van der Waals surface area contributed by atoms with Crippen LogP contribution in [0.4, 0.5) is 0 Å². The van der Waals surface area contributed by atoms with Crippen LogP contribution in [0.25, 0.3) is 0 Å². The molecular formula is C13H20N2O4. The predicted octanol–water partition coefficient (Wildman–Crippen LogP) is -0.220. The molecule has 19 heavy (non-hydrogen) atoms. The number of carbonyl (C=O) groups is 3. The van der Waals surface area contributed by atoms with Crippen LogP contribution in [0.5, 0.6) is 0 Å². The Morgan fingerprint density at radius 3 is 2.68 bits per heavy atom. The Morgan fingerprint density at radius 2 is 2.11 bits per heavy atom. The summed E-state index contributed by atoms with van der Waals surface area (Å²) < 4.78 is 4.76. The van der Waals surface area contributed by atoms with Crippen molar-refractivity contribution in [2.75, 3.05) is 26.7 Å². The summed E-state index contributed by atoms with van der Waals surface area (Å²) in [4.78, 5) is 36.7. The predicted molar refractivity (Wildman–Crippen MR) is 67.0 cm³/mol. The fourth-order valence-corrected chi connectivity index (χ4v) is 2.81. The van der Waals surface area contributed by atoms with Gasteiger partial charge in [-0.3, -0.25) is 14.4 Å². The summed E-state index contributed by atoms with van der Waals surface area (Å²) >= 11 is 0. The molecule has 2 aliphatic rings. The summed E-state index contributed by atoms with van der Waals surface area (Å²) in [5.41, 5.74) is 0. The first-order valence-electron chi connectivity index (χ1n) is 6.66. The van der Waals surface area contributed by atoms with Crippen LogP contribution in [0, 0.1) is 17.8 Å². The molecule has 2 rings (SSSR count). The van der Waals surface area contributed by atoms with Crippen LogP contribution in [0.3, 0.4) is 0 Å². The van der Waals surface area contributed by atoms with Crippen molar-refractivity contribution in [2.45, 2.75) is 19.8 Å². The third kappa shape index (κ3) is 2.88. The fraction of sp³-hybridized carbons (Fsp3) is 0.769. The van der Waals surface area contributed by atoms with Gasteiger partial charge < -0.3 is 15.0 Å². The standard InChI is InChI=1S/C13H20N2O4/c1-8-6-15(7-10(8)13(18)19-2)12(17)9-3-4-11(16)14-5-9/h8-10H,3-7H2,1-2H3,(H,14,16). The number of amides is 2. The molecule has 3 unspecified atom stereocenters. The first-order valence-corrected chi connectivity index (χ1v) is 6.66. The van der Waals surface area contributed by atoms with E-state index in [-0.39, 0.29) is 35.5 Å². The molecule has 0 aromatic rings. The van der Waals surface area contributed by atoms with Crippen molar-refractivity contribution in [1.29, 1.82) is 0 Å². The first kappa shape index (κ1) is 13.8. The molecule has 0 spiro atoms. The highest BCUT2D eigenvalue weighted by Crippen LogP contribution is 2.26. The summed E-state index contributed by atoms with van der Waals surface area (Å²) in [6, 6.07) is 0. The lowest BCUT2D eigenvalue weighted by molar-refractivity contribution is -0.146. The van der Waals surface area contributed by atoms with Gasteiger partial charge >= 0.3 is 5.97 Å². The van der Waals surface area contributed by atoms with Gasteiger partial charge in [0.25, 0.3) is 0 Å². The van der Waals surface area contributed by atoms with E-state index in [0.717, 1.165) is 0 Å². The molecule has 0 bridgehead atoms. The van der Waals surface area contributed by atoms with E-state index in [1.807, 2.05) is 6.92 Å². The number of ether oxygens (including phenoxy) is 1. The van der Waals surface area contributed by atoms with Gasteiger partial charge in [-0.25, -0.2) is 0 Å². The highest BCUT2D eigenvalue weighted by atomic mass is 16.5. The van der Waals surface area contributed by atoms with Crippen LogP contribution in [0.1, 0.15) is 19.8 Å². The Hall–Kier alpha value is -1.59. The molecule has 106 valence electrons. The van der Waals surface area contributed by atoms with Crippen molar-refractivity contribution in [2.24, 2.45) is 17.8 Å². The van der Waals surface area contributed by atoms with E-state index in [0.29, 0.717) is 32.5 Å². The maximum atomic E-state index is 12.3. The molecule has 2 aliphatic heterocycles. The zero-order valence-corrected chi connectivity index (χ0v) is 11.3. The molecule has 2 saturated heterocycles. The minimum Gasteiger partial charge on any atom is -0.469 e. The second-order valence-electron chi connectivity index (χ2n) is 5.39. The van der Waals surface area contributed by atoms with Gasteiger partial charge in [-0.15, -0.1) is 0 Å². The molecule has 0 aromatic heterocycles. The summed E-state index contributed by atoms with van der Waals surface area (Å²) in [7, 11) is 1.37. The van der Waals surface area contributed by atoms with Crippen LogP contribution in [-0.2, 0) is 19.1 Å². The number of hydrogen-bond acceptors (Lipinski definition) is 4. The average molecular weight is 268 g/mol. The highest BCUT2D eigenvalue weighted by Gasteiger charge is 2.39. The molecule has 6 heteroatoms. The Balaban J connectivity index is 1.94. The maximum absolute atomic E-state index is 12.3. The average Bonchev–Trinajstić information content (AvgIpc) is 2.80. The number of carbonyl (C=O) groups excluding carboxylic acids is 3. The van der Waals surface area contributed by atoms with Crippen LogP contribution >= 0.6 is 0 Å². The van der Waals surface area contributed by atoms with Crippen molar-refractivity contribution in [1.82, 2.24) is 10.2 Å². The van der Waals surface area contributed by atoms with E-state index in [9.17, 15) is 14.4 Å². The van der Waals surface area contributed by atoms with Crippen LogP contribution < -0.4 is 5.32 Å². The minimum atomic E-state index is -0.250. The van der Waals surface area contributed by atoms with Crippen molar-refractivity contribution in [3.63, 3.8) is 0 Å². The summed E-state index contributed by atoms with van der Waals surface area (Å²) in [5, 5.41) is 2.71. The smallest absolute Gasteiger partial charge is 0.310 e. The quantitative estimate of drug-likeness (QED) is 0.703. The number of methoxy groups -OCH3 is 1. The van der Waals surface area contributed by atoms with E-state index >= 15 is 0 Å². The van der Waals surface area contributed by atoms with E-state index in [2.05, 4.69) is 5.32 Å². The van der Waals surface area contributed by atoms with Crippen molar-refractivity contribution < 1.29 is 19.1 Å². The number of piperidine rings is 1. The van der Waals surface area contributed by atoms with Crippen molar-refractivity contribution in [3.8, 4) is 0 Å². The Labute approximate surface area is 112 Å². The second-order valence-corrected chi connectivity index (χ2v) is 5.39. The van der Waals surface area contributed by atoms with Crippen LogP contribution in [-0.4, -0.2) is 49.4 Å². The molecule has 1 N–H and O–H groups in total. The van der Waals surface area contributed by atoms with E-state index in [1.54, 1.807) is 4.90 Å². The molecule has 2 heterocycles. The number of nitrogens with one attached hydrogen (secondary N) is 1. The van der Waals surface area contributed by atoms with Gasteiger partial charge in [0.2, 0.25) is 11.8 Å². The van der Waals surface area contributed by atoms with Gasteiger partial charge in [0.15, 0.2) is 0 Å². The lowest BCUT2D eigenvalue weighted by atomic mass is 9.98. The van der Waals surface area contributed by atoms with E-state index in [4.69, 9.17) is 4.74 Å². The topological polar surface area (TPSA) is 75.7 Å². The number of esters is 1. The van der Waals surface area contributed by atoms with Gasteiger partial charge in [-0.1, -0.05) is 6.92 Å². The Morgan fingerprint density at radius 1 is 1.37 bits per heavy atom. The molecule has 0 saturated carbocycles. The second kappa shape index (κ2) is 5.59. The molecular weight excluding hydrogens is 248 g/mol. The monoisotopic (exact) mass is 268 g/mol. The zero-order valence-electron chi connectivity index (χ0n) is 11.3. The normalized spacial score (nSPS) is 30.9. The van der Waals surface area contributed by atoms with Crippen LogP contribution in [0.15, 0.2) is 0 Å². The fourth-order valence-electron chi connectivity index (χ4n) is 2.81. The van der Waals surface area contributed by atoms with Gasteiger partial charge in [-0.2, -0.15) is 0 Å². The number of rotatable bonds is 2. The molecule has 3 atom stereocenters. The Bertz CT molecular complexity index is 386. The maximum Gasteiger partial charge on any atom is 0.310 e. The molecule has 0 aliphatic carbocycles. The molecule has 2 fully saturated rings. The van der Waals surface area contributed by atoms with E-state index < -0.39 is 0 Å². The van der Waals surface area contributed by atoms with Crippen molar-refractivity contribution in [3.05, 3.63) is 0 Å². The SMILES string of the molecule is COC(=O)C1CN(C(=O)C2CCC(=O)NC2)CC1C. The molecule has 0 radical (unpaired) electrons. The lowest BCUT2D eigenvalue weighted by Crippen LogP contribution is -2.44.